The minimum atomic E-state index is -3.97. The topological polar surface area (TPSA) is 57.2 Å². The van der Waals surface area contributed by atoms with Crippen molar-refractivity contribution in [2.45, 2.75) is 45.4 Å². The summed E-state index contributed by atoms with van der Waals surface area (Å²) < 4.78 is 30.5. The Labute approximate surface area is 101 Å². The van der Waals surface area contributed by atoms with Crippen LogP contribution >= 0.6 is 0 Å². The van der Waals surface area contributed by atoms with Crippen LogP contribution in [0.15, 0.2) is 0 Å². The summed E-state index contributed by atoms with van der Waals surface area (Å²) in [4.78, 5) is 0. The van der Waals surface area contributed by atoms with Gasteiger partial charge in [-0.25, -0.2) is 8.42 Å². The summed E-state index contributed by atoms with van der Waals surface area (Å²) >= 11 is 0. The predicted molar refractivity (Wildman–Crippen MR) is 53.7 cm³/mol. The Hall–Kier alpha value is 0.832. The molecule has 5 heteroatoms. The molecule has 0 radical (unpaired) electrons. The van der Waals surface area contributed by atoms with E-state index in [0.29, 0.717) is 6.42 Å². The zero-order chi connectivity index (χ0) is 9.45. The summed E-state index contributed by atoms with van der Waals surface area (Å²) in [6.07, 6.45) is 5.96. The Kier molecular flexibility index (Phi) is 11.8. The summed E-state index contributed by atoms with van der Waals surface area (Å²) in [5, 5.41) is 0. The first kappa shape index (κ1) is 16.3. The van der Waals surface area contributed by atoms with Crippen LogP contribution in [0, 0.1) is 0 Å². The largest absolute Gasteiger partial charge is 1.00 e. The first-order valence-electron chi connectivity index (χ1n) is 4.50. The SMILES string of the molecule is CCCCCCCCS(=O)(=O)[O-].[Tl+]. The minimum absolute atomic E-state index is 0. The van der Waals surface area contributed by atoms with Crippen molar-refractivity contribution in [1.82, 2.24) is 0 Å². The van der Waals surface area contributed by atoms with Crippen LogP contribution in [0.3, 0.4) is 0 Å². The zero-order valence-electron chi connectivity index (χ0n) is 8.16. The molecule has 3 nitrogen and oxygen atoms in total. The van der Waals surface area contributed by atoms with Crippen molar-refractivity contribution in [1.29, 1.82) is 0 Å². The predicted octanol–water partition coefficient (Wildman–Crippen LogP) is 1.51. The third-order valence-electron chi connectivity index (χ3n) is 1.75. The number of rotatable bonds is 7. The van der Waals surface area contributed by atoms with E-state index in [0.717, 1.165) is 19.3 Å². The Balaban J connectivity index is 0. The second kappa shape index (κ2) is 9.39. The normalized spacial score (nSPS) is 10.9. The van der Waals surface area contributed by atoms with Crippen molar-refractivity contribution in [3.05, 3.63) is 0 Å². The van der Waals surface area contributed by atoms with Gasteiger partial charge in [0.05, 0.1) is 10.1 Å². The second-order valence-corrected chi connectivity index (χ2v) is 4.55. The molecule has 0 unspecified atom stereocenters. The van der Waals surface area contributed by atoms with E-state index in [2.05, 4.69) is 6.92 Å². The molecule has 0 amide bonds. The van der Waals surface area contributed by atoms with Crippen LogP contribution < -0.4 is 0 Å². The van der Waals surface area contributed by atoms with Gasteiger partial charge in [0.2, 0.25) is 0 Å². The van der Waals surface area contributed by atoms with Crippen LogP contribution in [0.4, 0.5) is 0 Å². The molecule has 0 aliphatic rings. The summed E-state index contributed by atoms with van der Waals surface area (Å²) in [5.74, 6) is -0.195. The van der Waals surface area contributed by atoms with E-state index in [4.69, 9.17) is 0 Å². The molecule has 0 aromatic rings. The molecule has 0 aliphatic carbocycles. The molecule has 0 aromatic heterocycles. The Bertz CT molecular complexity index is 190. The van der Waals surface area contributed by atoms with Crippen LogP contribution in [0.25, 0.3) is 0 Å². The summed E-state index contributed by atoms with van der Waals surface area (Å²) in [7, 11) is -3.97. The molecule has 0 saturated heterocycles. The van der Waals surface area contributed by atoms with E-state index in [-0.39, 0.29) is 33.1 Å². The summed E-state index contributed by atoms with van der Waals surface area (Å²) in [6, 6.07) is 0. The standard InChI is InChI=1S/C8H18O3S.Tl/c1-2-3-4-5-6-7-8-12(9,10)11;/h2-8H2,1H3,(H,9,10,11);/q;+1/p-1. The van der Waals surface area contributed by atoms with E-state index < -0.39 is 10.1 Å². The van der Waals surface area contributed by atoms with Gasteiger partial charge < -0.3 is 4.55 Å². The van der Waals surface area contributed by atoms with Crippen molar-refractivity contribution < 1.29 is 13.0 Å². The second-order valence-electron chi connectivity index (χ2n) is 3.03. The first-order valence-corrected chi connectivity index (χ1v) is 6.07. The minimum Gasteiger partial charge on any atom is -0.748 e. The zero-order valence-corrected chi connectivity index (χ0v) is 13.5. The van der Waals surface area contributed by atoms with E-state index >= 15 is 0 Å². The fourth-order valence-corrected chi connectivity index (χ4v) is 1.62. The summed E-state index contributed by atoms with van der Waals surface area (Å²) in [5.41, 5.74) is 0. The fourth-order valence-electron chi connectivity index (χ4n) is 1.06. The third-order valence-corrected chi connectivity index (χ3v) is 2.54. The van der Waals surface area contributed by atoms with Gasteiger partial charge in [-0.15, -0.1) is 0 Å². The molecule has 0 spiro atoms. The van der Waals surface area contributed by atoms with Gasteiger partial charge in [-0.05, 0) is 6.42 Å². The van der Waals surface area contributed by atoms with Crippen molar-refractivity contribution in [3.63, 3.8) is 0 Å². The van der Waals surface area contributed by atoms with E-state index in [1.165, 1.54) is 12.8 Å². The first-order chi connectivity index (χ1) is 5.56. The van der Waals surface area contributed by atoms with E-state index in [1.807, 2.05) is 0 Å². The van der Waals surface area contributed by atoms with E-state index in [1.54, 1.807) is 0 Å². The molecule has 0 N–H and O–H groups in total. The third kappa shape index (κ3) is 15.6. The average Bonchev–Trinajstić information content (AvgIpc) is 1.94. The van der Waals surface area contributed by atoms with Crippen LogP contribution in [0.5, 0.6) is 0 Å². The quantitative estimate of drug-likeness (QED) is 0.372. The maximum absolute atomic E-state index is 10.2. The number of unbranched alkanes of at least 4 members (excludes halogenated alkanes) is 5. The van der Waals surface area contributed by atoms with Gasteiger partial charge in [0.1, 0.15) is 0 Å². The molecule has 76 valence electrons. The van der Waals surface area contributed by atoms with Gasteiger partial charge in [0.25, 0.3) is 0 Å². The molecule has 0 aliphatic heterocycles. The monoisotopic (exact) mass is 398 g/mol. The molecule has 0 fully saturated rings. The smallest absolute Gasteiger partial charge is 0.748 e. The number of hydrogen-bond acceptors (Lipinski definition) is 3. The Morgan fingerprint density at radius 1 is 1.00 bits per heavy atom. The molecule has 0 bridgehead atoms. The maximum atomic E-state index is 10.2. The molecule has 0 atom stereocenters. The van der Waals surface area contributed by atoms with Crippen molar-refractivity contribution in [2.75, 3.05) is 5.75 Å². The molecule has 13 heavy (non-hydrogen) atoms. The van der Waals surface area contributed by atoms with Crippen molar-refractivity contribution in [3.8, 4) is 0 Å². The molecule has 0 aromatic carbocycles. The Morgan fingerprint density at radius 2 is 1.46 bits per heavy atom. The van der Waals surface area contributed by atoms with Crippen LogP contribution in [0.2, 0.25) is 0 Å². The molecular weight excluding hydrogens is 381 g/mol. The molecule has 0 saturated carbocycles. The van der Waals surface area contributed by atoms with Gasteiger partial charge >= 0.3 is 27.3 Å². The maximum Gasteiger partial charge on any atom is 1.00 e. The molecule has 0 heterocycles. The average molecular weight is 398 g/mol. The van der Waals surface area contributed by atoms with Crippen LogP contribution in [-0.2, 0) is 10.1 Å². The van der Waals surface area contributed by atoms with Crippen molar-refractivity contribution >= 4 is 37.4 Å². The van der Waals surface area contributed by atoms with Gasteiger partial charge in [-0.1, -0.05) is 39.0 Å². The van der Waals surface area contributed by atoms with Gasteiger partial charge in [-0.2, -0.15) is 0 Å². The molecular formula is C8H17O3STl. The van der Waals surface area contributed by atoms with E-state index in [9.17, 15) is 13.0 Å². The number of hydrogen-bond donors (Lipinski definition) is 0. The molecule has 0 rings (SSSR count). The van der Waals surface area contributed by atoms with Gasteiger partial charge in [-0.3, -0.25) is 0 Å². The van der Waals surface area contributed by atoms with Gasteiger partial charge in [0, 0.05) is 5.75 Å². The Morgan fingerprint density at radius 3 is 1.92 bits per heavy atom. The van der Waals surface area contributed by atoms with Crippen molar-refractivity contribution in [2.24, 2.45) is 0 Å². The summed E-state index contributed by atoms with van der Waals surface area (Å²) in [6.45, 7) is 2.13. The van der Waals surface area contributed by atoms with Gasteiger partial charge in [0.15, 0.2) is 0 Å². The fraction of sp³-hybridized carbons (Fsp3) is 1.00. The van der Waals surface area contributed by atoms with Crippen LogP contribution in [0.1, 0.15) is 45.4 Å². The van der Waals surface area contributed by atoms with Crippen LogP contribution in [-0.4, -0.2) is 46.0 Å².